The second-order valence-electron chi connectivity index (χ2n) is 9.24. The first-order valence-corrected chi connectivity index (χ1v) is 11.8. The lowest BCUT2D eigenvalue weighted by Crippen LogP contribution is -2.43. The number of aryl methyl sites for hydroxylation is 3. The number of alkyl halides is 3. The molecule has 0 radical (unpaired) electrons. The van der Waals surface area contributed by atoms with Gasteiger partial charge in [-0.15, -0.1) is 10.2 Å². The number of rotatable bonds is 5. The van der Waals surface area contributed by atoms with Crippen molar-refractivity contribution in [2.75, 3.05) is 6.61 Å². The van der Waals surface area contributed by atoms with E-state index in [-0.39, 0.29) is 17.7 Å². The van der Waals surface area contributed by atoms with Gasteiger partial charge < -0.3 is 14.9 Å². The molecule has 0 saturated heterocycles. The largest absolute Gasteiger partial charge is 0.437 e. The van der Waals surface area contributed by atoms with Crippen molar-refractivity contribution < 1.29 is 22.7 Å². The van der Waals surface area contributed by atoms with Crippen LogP contribution in [0.3, 0.4) is 0 Å². The SMILES string of the molecule is Cc1ccc(C[C@@H]2CON=C(c3c(Oc4cccc(C(F)(F)F)c4)nnc4cc(C)ccc34)N2)c(C)c1. The zero-order valence-electron chi connectivity index (χ0n) is 20.6. The molecule has 9 heteroatoms. The minimum absolute atomic E-state index is 0.0130. The molecule has 0 amide bonds. The van der Waals surface area contributed by atoms with Crippen LogP contribution in [0.15, 0.2) is 65.8 Å². The third kappa shape index (κ3) is 5.35. The van der Waals surface area contributed by atoms with Gasteiger partial charge in [0.05, 0.1) is 22.7 Å². The van der Waals surface area contributed by atoms with Crippen molar-refractivity contribution in [3.63, 3.8) is 0 Å². The van der Waals surface area contributed by atoms with E-state index in [1.807, 2.05) is 25.1 Å². The molecule has 0 saturated carbocycles. The van der Waals surface area contributed by atoms with Crippen LogP contribution in [-0.2, 0) is 17.4 Å². The Labute approximate surface area is 212 Å². The molecule has 0 fully saturated rings. The van der Waals surface area contributed by atoms with Gasteiger partial charge in [0, 0.05) is 5.39 Å². The summed E-state index contributed by atoms with van der Waals surface area (Å²) in [6, 6.07) is 16.5. The highest BCUT2D eigenvalue weighted by Gasteiger charge is 2.31. The van der Waals surface area contributed by atoms with Crippen LogP contribution in [0.2, 0.25) is 0 Å². The normalized spacial score (nSPS) is 15.6. The Morgan fingerprint density at radius 3 is 2.54 bits per heavy atom. The number of aromatic nitrogens is 2. The van der Waals surface area contributed by atoms with Gasteiger partial charge in [-0.2, -0.15) is 13.2 Å². The summed E-state index contributed by atoms with van der Waals surface area (Å²) in [7, 11) is 0. The minimum atomic E-state index is -4.50. The number of hydrogen-bond acceptors (Lipinski definition) is 6. The number of nitrogens with zero attached hydrogens (tertiary/aromatic N) is 3. The second kappa shape index (κ2) is 9.72. The molecule has 0 unspecified atom stereocenters. The molecule has 1 aliphatic heterocycles. The Bertz CT molecular complexity index is 1500. The van der Waals surface area contributed by atoms with E-state index in [1.54, 1.807) is 0 Å². The van der Waals surface area contributed by atoms with E-state index in [9.17, 15) is 13.2 Å². The molecule has 6 nitrogen and oxygen atoms in total. The molecule has 4 aromatic rings. The Hall–Kier alpha value is -4.14. The van der Waals surface area contributed by atoms with Gasteiger partial charge in [-0.1, -0.05) is 47.1 Å². The van der Waals surface area contributed by atoms with Crippen molar-refractivity contribution in [1.29, 1.82) is 0 Å². The highest BCUT2D eigenvalue weighted by Crippen LogP contribution is 2.34. The van der Waals surface area contributed by atoms with Gasteiger partial charge in [0.2, 0.25) is 0 Å². The first-order valence-electron chi connectivity index (χ1n) is 11.8. The van der Waals surface area contributed by atoms with Crippen LogP contribution < -0.4 is 10.1 Å². The van der Waals surface area contributed by atoms with Crippen LogP contribution in [-0.4, -0.2) is 28.7 Å². The Balaban J connectivity index is 1.52. The molecule has 0 aliphatic carbocycles. The molecule has 3 aromatic carbocycles. The van der Waals surface area contributed by atoms with Crippen LogP contribution >= 0.6 is 0 Å². The molecule has 1 aromatic heterocycles. The molecule has 1 atom stereocenters. The number of halogens is 3. The van der Waals surface area contributed by atoms with Gasteiger partial charge in [0.1, 0.15) is 12.4 Å². The number of hydrogen-bond donors (Lipinski definition) is 1. The smallest absolute Gasteiger partial charge is 0.416 e. The highest BCUT2D eigenvalue weighted by atomic mass is 19.4. The van der Waals surface area contributed by atoms with Gasteiger partial charge in [-0.05, 0) is 68.1 Å². The fraction of sp³-hybridized carbons (Fsp3) is 0.250. The van der Waals surface area contributed by atoms with Gasteiger partial charge in [0.15, 0.2) is 5.84 Å². The summed E-state index contributed by atoms with van der Waals surface area (Å²) in [5.74, 6) is 0.394. The average molecular weight is 507 g/mol. The third-order valence-electron chi connectivity index (χ3n) is 6.23. The third-order valence-corrected chi connectivity index (χ3v) is 6.23. The van der Waals surface area contributed by atoms with Gasteiger partial charge in [-0.3, -0.25) is 0 Å². The molecule has 1 aliphatic rings. The van der Waals surface area contributed by atoms with E-state index >= 15 is 0 Å². The zero-order valence-corrected chi connectivity index (χ0v) is 20.6. The van der Waals surface area contributed by atoms with Crippen LogP contribution in [0.5, 0.6) is 11.6 Å². The van der Waals surface area contributed by atoms with Crippen molar-refractivity contribution in [3.8, 4) is 11.6 Å². The summed E-state index contributed by atoms with van der Waals surface area (Å²) in [6.45, 7) is 6.42. The summed E-state index contributed by atoms with van der Waals surface area (Å²) >= 11 is 0. The molecule has 37 heavy (non-hydrogen) atoms. The molecule has 5 rings (SSSR count). The fourth-order valence-electron chi connectivity index (χ4n) is 4.37. The van der Waals surface area contributed by atoms with E-state index in [1.165, 1.54) is 28.8 Å². The van der Waals surface area contributed by atoms with Crippen molar-refractivity contribution >= 4 is 16.7 Å². The predicted molar refractivity (Wildman–Crippen MR) is 135 cm³/mol. The summed E-state index contributed by atoms with van der Waals surface area (Å²) in [6.07, 6.45) is -3.80. The number of oxime groups is 1. The Morgan fingerprint density at radius 1 is 0.973 bits per heavy atom. The molecule has 0 spiro atoms. The molecule has 190 valence electrons. The first-order chi connectivity index (χ1) is 17.7. The molecule has 1 N–H and O–H groups in total. The van der Waals surface area contributed by atoms with Gasteiger partial charge in [0.25, 0.3) is 5.88 Å². The summed E-state index contributed by atoms with van der Waals surface area (Å²) in [5.41, 5.74) is 4.80. The lowest BCUT2D eigenvalue weighted by Gasteiger charge is -2.26. The number of fused-ring (bicyclic) bond motifs is 1. The summed E-state index contributed by atoms with van der Waals surface area (Å²) < 4.78 is 45.7. The highest BCUT2D eigenvalue weighted by molar-refractivity contribution is 6.10. The number of benzene rings is 3. The summed E-state index contributed by atoms with van der Waals surface area (Å²) in [4.78, 5) is 5.60. The van der Waals surface area contributed by atoms with Crippen molar-refractivity contribution in [2.45, 2.75) is 39.4 Å². The molecular formula is C28H25F3N4O2. The van der Waals surface area contributed by atoms with Crippen molar-refractivity contribution in [2.24, 2.45) is 5.16 Å². The Morgan fingerprint density at radius 2 is 1.76 bits per heavy atom. The lowest BCUT2D eigenvalue weighted by molar-refractivity contribution is -0.137. The van der Waals surface area contributed by atoms with Crippen LogP contribution in [0.25, 0.3) is 10.9 Å². The van der Waals surface area contributed by atoms with Crippen LogP contribution in [0.1, 0.15) is 33.4 Å². The van der Waals surface area contributed by atoms with E-state index in [0.717, 1.165) is 17.7 Å². The van der Waals surface area contributed by atoms with E-state index in [2.05, 4.69) is 52.7 Å². The topological polar surface area (TPSA) is 68.6 Å². The maximum Gasteiger partial charge on any atom is 0.416 e. The van der Waals surface area contributed by atoms with Crippen molar-refractivity contribution in [3.05, 3.63) is 94.0 Å². The van der Waals surface area contributed by atoms with Crippen molar-refractivity contribution in [1.82, 2.24) is 15.5 Å². The quantitative estimate of drug-likeness (QED) is 0.346. The number of amidine groups is 1. The predicted octanol–water partition coefficient (Wildman–Crippen LogP) is 6.26. The molecule has 0 bridgehead atoms. The molecule has 2 heterocycles. The lowest BCUT2D eigenvalue weighted by atomic mass is 9.99. The monoisotopic (exact) mass is 506 g/mol. The maximum atomic E-state index is 13.3. The zero-order chi connectivity index (χ0) is 26.2. The molecular weight excluding hydrogens is 481 g/mol. The van der Waals surface area contributed by atoms with Crippen LogP contribution in [0, 0.1) is 20.8 Å². The average Bonchev–Trinajstić information content (AvgIpc) is 2.85. The van der Waals surface area contributed by atoms with E-state index in [4.69, 9.17) is 9.57 Å². The Kier molecular flexibility index (Phi) is 6.45. The van der Waals surface area contributed by atoms with Gasteiger partial charge >= 0.3 is 6.18 Å². The first kappa shape index (κ1) is 24.5. The number of ether oxygens (including phenoxy) is 1. The second-order valence-corrected chi connectivity index (χ2v) is 9.24. The van der Waals surface area contributed by atoms with Gasteiger partial charge in [-0.25, -0.2) is 0 Å². The standard InChI is InChI=1S/C28H25F3N4O2/c1-16-7-9-19(18(3)11-16)13-21-15-36-35-26(32-21)25-23-10-8-17(2)12-24(23)33-34-27(25)37-22-6-4-5-20(14-22)28(29,30)31/h4-12,14,21H,13,15H2,1-3H3,(H,32,35)/t21-/m1/s1. The van der Waals surface area contributed by atoms with E-state index < -0.39 is 11.7 Å². The fourth-order valence-corrected chi connectivity index (χ4v) is 4.37. The maximum absolute atomic E-state index is 13.3. The summed E-state index contributed by atoms with van der Waals surface area (Å²) in [5, 5.41) is 16.8. The number of nitrogens with one attached hydrogen (secondary N) is 1. The minimum Gasteiger partial charge on any atom is -0.437 e. The van der Waals surface area contributed by atoms with E-state index in [0.29, 0.717) is 35.3 Å². The van der Waals surface area contributed by atoms with Crippen LogP contribution in [0.4, 0.5) is 13.2 Å².